The molecule has 0 bridgehead atoms. The van der Waals surface area contributed by atoms with Crippen LogP contribution in [-0.2, 0) is 0 Å². The minimum atomic E-state index is -0.288. The first-order chi connectivity index (χ1) is 5.86. The van der Waals surface area contributed by atoms with E-state index in [4.69, 9.17) is 0 Å². The van der Waals surface area contributed by atoms with Gasteiger partial charge in [0.1, 0.15) is 10.9 Å². The lowest BCUT2D eigenvalue weighted by Crippen LogP contribution is -2.05. The zero-order chi connectivity index (χ0) is 8.39. The molecule has 0 atom stereocenters. The van der Waals surface area contributed by atoms with Gasteiger partial charge < -0.3 is 0 Å². The number of hydrogen-bond donors (Lipinski definition) is 1. The highest BCUT2D eigenvalue weighted by Gasteiger charge is 2.08. The third-order valence-electron chi connectivity index (χ3n) is 1.47. The van der Waals surface area contributed by atoms with Gasteiger partial charge in [-0.15, -0.1) is 0 Å². The lowest BCUT2D eigenvalue weighted by molar-refractivity contribution is -0.444. The van der Waals surface area contributed by atoms with Crippen LogP contribution in [0.3, 0.4) is 0 Å². The van der Waals surface area contributed by atoms with Crippen molar-refractivity contribution < 1.29 is 9.49 Å². The van der Waals surface area contributed by atoms with Crippen molar-refractivity contribution in [2.45, 2.75) is 0 Å². The molecular formula is C7H6FN4+. The molecule has 0 radical (unpaired) electrons. The van der Waals surface area contributed by atoms with E-state index in [0.29, 0.717) is 11.4 Å². The van der Waals surface area contributed by atoms with E-state index in [2.05, 4.69) is 20.6 Å². The first kappa shape index (κ1) is 6.90. The molecule has 2 rings (SSSR count). The second-order valence-corrected chi connectivity index (χ2v) is 2.30. The maximum Gasteiger partial charge on any atom is 0.329 e. The van der Waals surface area contributed by atoms with E-state index < -0.39 is 0 Å². The lowest BCUT2D eigenvalue weighted by Gasteiger charge is -1.89. The van der Waals surface area contributed by atoms with Gasteiger partial charge in [0, 0.05) is 0 Å². The van der Waals surface area contributed by atoms with Crippen molar-refractivity contribution in [3.05, 3.63) is 30.1 Å². The topological polar surface area (TPSA) is 55.7 Å². The Kier molecular flexibility index (Phi) is 1.55. The van der Waals surface area contributed by atoms with E-state index in [0.717, 1.165) is 0 Å². The fourth-order valence-electron chi connectivity index (χ4n) is 0.944. The summed E-state index contributed by atoms with van der Waals surface area (Å²) in [6.07, 6.45) is 0. The number of benzene rings is 1. The number of nitrogens with zero attached hydrogens (tertiary/aromatic N) is 2. The van der Waals surface area contributed by atoms with Gasteiger partial charge in [-0.25, -0.2) is 4.39 Å². The Bertz CT molecular complexity index is 371. The summed E-state index contributed by atoms with van der Waals surface area (Å²) in [5, 5.41) is 12.3. The van der Waals surface area contributed by atoms with Crippen molar-refractivity contribution in [1.82, 2.24) is 15.5 Å². The van der Waals surface area contributed by atoms with Gasteiger partial charge in [-0.05, 0) is 18.2 Å². The van der Waals surface area contributed by atoms with Crippen LogP contribution >= 0.6 is 0 Å². The van der Waals surface area contributed by atoms with Crippen LogP contribution in [0.4, 0.5) is 4.39 Å². The van der Waals surface area contributed by atoms with Crippen molar-refractivity contribution in [3.8, 4) is 11.4 Å². The zero-order valence-electron chi connectivity index (χ0n) is 6.08. The second kappa shape index (κ2) is 2.69. The van der Waals surface area contributed by atoms with E-state index in [1.54, 1.807) is 12.1 Å². The standard InChI is InChI=1S/C7H5FN4/c8-6-3-1-2-5(4-6)7-9-11-12-10-7/h1-4H,(H,9,10,11,12)/p+1. The second-order valence-electron chi connectivity index (χ2n) is 2.30. The molecule has 1 aromatic heterocycles. The average molecular weight is 165 g/mol. The fourth-order valence-corrected chi connectivity index (χ4v) is 0.944. The van der Waals surface area contributed by atoms with E-state index in [1.807, 2.05) is 0 Å². The molecule has 0 spiro atoms. The molecule has 0 aliphatic rings. The predicted molar refractivity (Wildman–Crippen MR) is 38.3 cm³/mol. The number of nitrogens with one attached hydrogen (secondary N) is 2. The van der Waals surface area contributed by atoms with Crippen LogP contribution < -0.4 is 5.10 Å². The third kappa shape index (κ3) is 1.16. The number of aromatic amines is 2. The molecule has 2 N–H and O–H groups in total. The highest BCUT2D eigenvalue weighted by Crippen LogP contribution is 2.11. The third-order valence-corrected chi connectivity index (χ3v) is 1.47. The van der Waals surface area contributed by atoms with Gasteiger partial charge in [0.2, 0.25) is 0 Å². The summed E-state index contributed by atoms with van der Waals surface area (Å²) in [4.78, 5) is 0. The maximum absolute atomic E-state index is 12.7. The minimum absolute atomic E-state index is 0.288. The zero-order valence-corrected chi connectivity index (χ0v) is 6.08. The van der Waals surface area contributed by atoms with Crippen LogP contribution in [0.1, 0.15) is 0 Å². The number of H-pyrrole nitrogens is 2. The molecule has 0 saturated heterocycles. The summed E-state index contributed by atoms with van der Waals surface area (Å²) in [5.41, 5.74) is 0.670. The van der Waals surface area contributed by atoms with Gasteiger partial charge in [-0.2, -0.15) is 5.10 Å². The normalized spacial score (nSPS) is 10.1. The van der Waals surface area contributed by atoms with Crippen LogP contribution in [0.2, 0.25) is 0 Å². The molecule has 0 fully saturated rings. The molecule has 0 amide bonds. The Morgan fingerprint density at radius 1 is 1.42 bits per heavy atom. The Morgan fingerprint density at radius 3 is 3.00 bits per heavy atom. The number of halogens is 1. The van der Waals surface area contributed by atoms with E-state index in [9.17, 15) is 4.39 Å². The van der Waals surface area contributed by atoms with E-state index in [1.165, 1.54) is 12.1 Å². The molecular weight excluding hydrogens is 159 g/mol. The molecule has 0 aliphatic heterocycles. The monoisotopic (exact) mass is 165 g/mol. The number of hydrogen-bond acceptors (Lipinski definition) is 2. The van der Waals surface area contributed by atoms with Gasteiger partial charge in [-0.3, -0.25) is 0 Å². The molecule has 1 aromatic carbocycles. The molecule has 60 valence electrons. The van der Waals surface area contributed by atoms with Crippen LogP contribution in [0.25, 0.3) is 11.4 Å². The molecule has 0 saturated carbocycles. The summed E-state index contributed by atoms with van der Waals surface area (Å²) in [7, 11) is 0. The number of rotatable bonds is 1. The quantitative estimate of drug-likeness (QED) is 0.666. The maximum atomic E-state index is 12.7. The number of tetrazole rings is 1. The van der Waals surface area contributed by atoms with Crippen molar-refractivity contribution >= 4 is 0 Å². The van der Waals surface area contributed by atoms with Gasteiger partial charge in [-0.1, -0.05) is 11.3 Å². The largest absolute Gasteiger partial charge is 0.329 e. The molecule has 5 heteroatoms. The lowest BCUT2D eigenvalue weighted by atomic mass is 10.2. The smallest absolute Gasteiger partial charge is 0.207 e. The molecule has 2 aromatic rings. The van der Waals surface area contributed by atoms with E-state index >= 15 is 0 Å². The molecule has 1 heterocycles. The molecule has 0 aliphatic carbocycles. The van der Waals surface area contributed by atoms with Crippen LogP contribution in [0.15, 0.2) is 24.3 Å². The van der Waals surface area contributed by atoms with Gasteiger partial charge in [0.05, 0.1) is 5.56 Å². The SMILES string of the molecule is Fc1cccc(-c2nn[nH][nH+]2)c1. The van der Waals surface area contributed by atoms with Crippen molar-refractivity contribution in [2.75, 3.05) is 0 Å². The predicted octanol–water partition coefficient (Wildman–Crippen LogP) is 0.425. The minimum Gasteiger partial charge on any atom is -0.207 e. The summed E-state index contributed by atoms with van der Waals surface area (Å²) in [6, 6.07) is 6.13. The molecule has 0 unspecified atom stereocenters. The van der Waals surface area contributed by atoms with Crippen molar-refractivity contribution in [1.29, 1.82) is 0 Å². The summed E-state index contributed by atoms with van der Waals surface area (Å²) in [5.74, 6) is 0.235. The van der Waals surface area contributed by atoms with Gasteiger partial charge >= 0.3 is 5.82 Å². The Morgan fingerprint density at radius 2 is 2.33 bits per heavy atom. The Balaban J connectivity index is 2.48. The highest BCUT2D eigenvalue weighted by molar-refractivity contribution is 5.50. The molecule has 4 nitrogen and oxygen atoms in total. The Hall–Kier alpha value is -1.78. The summed E-state index contributed by atoms with van der Waals surface area (Å²) < 4.78 is 12.7. The summed E-state index contributed by atoms with van der Waals surface area (Å²) >= 11 is 0. The first-order valence-electron chi connectivity index (χ1n) is 3.41. The number of aromatic nitrogens is 4. The average Bonchev–Trinajstić information content (AvgIpc) is 2.56. The van der Waals surface area contributed by atoms with Crippen molar-refractivity contribution in [2.24, 2.45) is 0 Å². The first-order valence-corrected chi connectivity index (χ1v) is 3.41. The molecule has 12 heavy (non-hydrogen) atoms. The fraction of sp³-hybridized carbons (Fsp3) is 0. The van der Waals surface area contributed by atoms with Crippen LogP contribution in [0, 0.1) is 5.82 Å². The van der Waals surface area contributed by atoms with Crippen molar-refractivity contribution in [3.63, 3.8) is 0 Å². The highest BCUT2D eigenvalue weighted by atomic mass is 19.1. The van der Waals surface area contributed by atoms with Gasteiger partial charge in [0.25, 0.3) is 0 Å². The Labute approximate surface area is 67.4 Å². The van der Waals surface area contributed by atoms with Gasteiger partial charge in [0.15, 0.2) is 5.21 Å². The van der Waals surface area contributed by atoms with E-state index in [-0.39, 0.29) is 5.82 Å². The van der Waals surface area contributed by atoms with Crippen LogP contribution in [0.5, 0.6) is 0 Å². The van der Waals surface area contributed by atoms with Crippen LogP contribution in [-0.4, -0.2) is 15.5 Å². The summed E-state index contributed by atoms with van der Waals surface area (Å²) in [6.45, 7) is 0.